The SMILES string of the molecule is CCN(C(=O)Cn1c(C(=O)CC2CCC(C(=O)NCCCCCCS(=O)(=O)[O-])CC2)cc2sccc21)c1cccc(C)c1.[Na+]. The first-order valence-corrected chi connectivity index (χ1v) is 17.7. The van der Waals surface area contributed by atoms with E-state index >= 15 is 0 Å². The molecule has 0 aliphatic heterocycles. The molecule has 1 N–H and O–H groups in total. The number of aromatic nitrogens is 1. The molecule has 0 unspecified atom stereocenters. The molecule has 2 aromatic heterocycles. The predicted molar refractivity (Wildman–Crippen MR) is 169 cm³/mol. The third kappa shape index (κ3) is 10.3. The number of anilines is 1. The van der Waals surface area contributed by atoms with Gasteiger partial charge in [0.1, 0.15) is 6.54 Å². The molecule has 9 nitrogen and oxygen atoms in total. The third-order valence-electron chi connectivity index (χ3n) is 8.34. The molecule has 44 heavy (non-hydrogen) atoms. The Balaban J connectivity index is 0.00000529. The minimum absolute atomic E-state index is 0. The molecule has 4 rings (SSSR count). The van der Waals surface area contributed by atoms with Crippen LogP contribution in [0.3, 0.4) is 0 Å². The molecule has 0 spiro atoms. The van der Waals surface area contributed by atoms with Crippen molar-refractivity contribution in [3.05, 3.63) is 53.0 Å². The molecule has 2 amide bonds. The average molecular weight is 652 g/mol. The summed E-state index contributed by atoms with van der Waals surface area (Å²) in [6, 6.07) is 11.8. The first-order chi connectivity index (χ1) is 20.6. The molecule has 3 aromatic rings. The Morgan fingerprint density at radius 2 is 1.77 bits per heavy atom. The second-order valence-corrected chi connectivity index (χ2v) is 14.0. The molecule has 1 fully saturated rings. The number of amides is 2. The van der Waals surface area contributed by atoms with Crippen molar-refractivity contribution in [1.82, 2.24) is 9.88 Å². The molecule has 1 saturated carbocycles. The van der Waals surface area contributed by atoms with Crippen LogP contribution in [-0.4, -0.2) is 54.0 Å². The van der Waals surface area contributed by atoms with Crippen LogP contribution < -0.4 is 39.8 Å². The van der Waals surface area contributed by atoms with E-state index in [4.69, 9.17) is 0 Å². The van der Waals surface area contributed by atoms with Crippen molar-refractivity contribution in [1.29, 1.82) is 0 Å². The number of aryl methyl sites for hydroxylation is 1. The van der Waals surface area contributed by atoms with Gasteiger partial charge in [-0.15, -0.1) is 11.3 Å². The number of carbonyl (C=O) groups excluding carboxylic acids is 3. The summed E-state index contributed by atoms with van der Waals surface area (Å²) in [4.78, 5) is 41.5. The normalized spacial score (nSPS) is 16.8. The molecule has 1 aliphatic carbocycles. The molecule has 1 aromatic carbocycles. The van der Waals surface area contributed by atoms with Crippen LogP contribution in [0.2, 0.25) is 0 Å². The van der Waals surface area contributed by atoms with E-state index < -0.39 is 10.1 Å². The number of nitrogens with zero attached hydrogens (tertiary/aromatic N) is 2. The Morgan fingerprint density at radius 3 is 2.45 bits per heavy atom. The van der Waals surface area contributed by atoms with E-state index in [0.717, 1.165) is 60.0 Å². The van der Waals surface area contributed by atoms with Gasteiger partial charge in [-0.3, -0.25) is 14.4 Å². The molecular weight excluding hydrogens is 609 g/mol. The van der Waals surface area contributed by atoms with Gasteiger partial charge in [0.15, 0.2) is 5.78 Å². The van der Waals surface area contributed by atoms with E-state index in [0.29, 0.717) is 38.0 Å². The van der Waals surface area contributed by atoms with Crippen molar-refractivity contribution in [3.8, 4) is 0 Å². The zero-order chi connectivity index (χ0) is 31.0. The van der Waals surface area contributed by atoms with Gasteiger partial charge in [-0.05, 0) is 93.5 Å². The Labute approximate surface area is 286 Å². The van der Waals surface area contributed by atoms with Crippen LogP contribution in [0, 0.1) is 18.8 Å². The maximum atomic E-state index is 13.6. The second kappa shape index (κ2) is 17.1. The van der Waals surface area contributed by atoms with E-state index in [-0.39, 0.29) is 71.3 Å². The maximum Gasteiger partial charge on any atom is 1.00 e. The number of rotatable bonds is 15. The summed E-state index contributed by atoms with van der Waals surface area (Å²) < 4.78 is 34.8. The van der Waals surface area contributed by atoms with Crippen LogP contribution in [0.25, 0.3) is 10.2 Å². The van der Waals surface area contributed by atoms with Crippen LogP contribution in [-0.2, 0) is 26.3 Å². The number of hydrogen-bond acceptors (Lipinski definition) is 7. The third-order valence-corrected chi connectivity index (χ3v) is 9.99. The van der Waals surface area contributed by atoms with Gasteiger partial charge in [0.05, 0.1) is 26.0 Å². The molecule has 0 saturated heterocycles. The Hall–Kier alpha value is -2.02. The fourth-order valence-electron chi connectivity index (χ4n) is 6.01. The molecule has 2 heterocycles. The molecule has 0 bridgehead atoms. The minimum atomic E-state index is -4.16. The fourth-order valence-corrected chi connectivity index (χ4v) is 7.39. The van der Waals surface area contributed by atoms with Gasteiger partial charge in [0.2, 0.25) is 11.8 Å². The Bertz CT molecular complexity index is 1530. The molecule has 12 heteroatoms. The summed E-state index contributed by atoms with van der Waals surface area (Å²) in [5.74, 6) is -0.191. The number of fused-ring (bicyclic) bond motifs is 1. The van der Waals surface area contributed by atoms with Gasteiger partial charge in [-0.2, -0.15) is 0 Å². The number of benzene rings is 1. The van der Waals surface area contributed by atoms with Gasteiger partial charge < -0.3 is 19.3 Å². The summed E-state index contributed by atoms with van der Waals surface area (Å²) in [6.07, 6.45) is 5.99. The summed E-state index contributed by atoms with van der Waals surface area (Å²) in [5.41, 5.74) is 3.40. The topological polar surface area (TPSA) is 129 Å². The van der Waals surface area contributed by atoms with Crippen LogP contribution >= 0.6 is 11.3 Å². The molecular formula is C32H42N3NaO6S2. The number of hydrogen-bond donors (Lipinski definition) is 1. The summed E-state index contributed by atoms with van der Waals surface area (Å²) in [5, 5.41) is 4.96. The Kier molecular flexibility index (Phi) is 14.1. The molecule has 0 atom stereocenters. The zero-order valence-corrected chi connectivity index (χ0v) is 29.7. The smallest absolute Gasteiger partial charge is 0.748 e. The Morgan fingerprint density at radius 1 is 1.05 bits per heavy atom. The van der Waals surface area contributed by atoms with Gasteiger partial charge in [-0.1, -0.05) is 25.0 Å². The number of carbonyl (C=O) groups is 3. The fraction of sp³-hybridized carbons (Fsp3) is 0.531. The largest absolute Gasteiger partial charge is 1.00 e. The molecule has 1 aliphatic rings. The first kappa shape index (κ1) is 36.4. The van der Waals surface area contributed by atoms with Crippen molar-refractivity contribution in [2.45, 2.75) is 78.2 Å². The number of nitrogens with one attached hydrogen (secondary N) is 1. The van der Waals surface area contributed by atoms with Gasteiger partial charge in [-0.25, -0.2) is 8.42 Å². The second-order valence-electron chi connectivity index (χ2n) is 11.6. The van der Waals surface area contributed by atoms with Crippen LogP contribution in [0.1, 0.15) is 80.8 Å². The minimum Gasteiger partial charge on any atom is -0.748 e. The standard InChI is InChI=1S/C32H43N3O6S2.Na/c1-3-34(26-10-8-9-23(2)19-26)31(37)22-35-27-15-17-42-30(27)21-28(35)29(36)20-24-11-13-25(14-12-24)32(38)33-16-6-4-5-7-18-43(39,40)41;/h8-10,15,17,19,21,24-25H,3-7,11-14,16,18,20,22H2,1-2H3,(H,33,38)(H,39,40,41);/q;+1/p-1. The van der Waals surface area contributed by atoms with Gasteiger partial charge >= 0.3 is 29.6 Å². The van der Waals surface area contributed by atoms with Gasteiger partial charge in [0.25, 0.3) is 0 Å². The number of thiophene rings is 1. The summed E-state index contributed by atoms with van der Waals surface area (Å²) >= 11 is 1.56. The van der Waals surface area contributed by atoms with Crippen molar-refractivity contribution < 1.29 is 56.9 Å². The van der Waals surface area contributed by atoms with E-state index in [2.05, 4.69) is 5.32 Å². The van der Waals surface area contributed by atoms with Crippen LogP contribution in [0.15, 0.2) is 41.8 Å². The maximum absolute atomic E-state index is 13.6. The van der Waals surface area contributed by atoms with E-state index in [1.165, 1.54) is 0 Å². The summed E-state index contributed by atoms with van der Waals surface area (Å²) in [6.45, 7) is 5.11. The molecule has 234 valence electrons. The monoisotopic (exact) mass is 651 g/mol. The van der Waals surface area contributed by atoms with E-state index in [1.807, 2.05) is 60.2 Å². The van der Waals surface area contributed by atoms with Crippen molar-refractivity contribution in [2.75, 3.05) is 23.7 Å². The number of ketones is 1. The number of unbranched alkanes of at least 4 members (excludes halogenated alkanes) is 3. The predicted octanol–water partition coefficient (Wildman–Crippen LogP) is 2.67. The van der Waals surface area contributed by atoms with E-state index in [9.17, 15) is 27.4 Å². The first-order valence-electron chi connectivity index (χ1n) is 15.2. The molecule has 0 radical (unpaired) electrons. The van der Waals surface area contributed by atoms with Crippen LogP contribution in [0.5, 0.6) is 0 Å². The van der Waals surface area contributed by atoms with Crippen molar-refractivity contribution in [2.24, 2.45) is 11.8 Å². The van der Waals surface area contributed by atoms with Crippen molar-refractivity contribution >= 4 is 55.0 Å². The van der Waals surface area contributed by atoms with Crippen LogP contribution in [0.4, 0.5) is 5.69 Å². The zero-order valence-electron chi connectivity index (χ0n) is 26.0. The van der Waals surface area contributed by atoms with Crippen molar-refractivity contribution in [3.63, 3.8) is 0 Å². The van der Waals surface area contributed by atoms with Gasteiger partial charge in [0, 0.05) is 36.9 Å². The quantitative estimate of drug-likeness (QED) is 0.117. The number of Topliss-reactive ketones (excluding diaryl/α,β-unsaturated/α-hetero) is 1. The average Bonchev–Trinajstić information content (AvgIpc) is 3.55. The summed E-state index contributed by atoms with van der Waals surface area (Å²) in [7, 11) is -4.16. The number of likely N-dealkylation sites (N-methyl/N-ethyl adjacent to an activating group) is 1. The van der Waals surface area contributed by atoms with E-state index in [1.54, 1.807) is 16.2 Å².